The fourth-order valence-electron chi connectivity index (χ4n) is 2.79. The number of carbonyl (C=O) groups is 1. The van der Waals surface area contributed by atoms with Crippen molar-refractivity contribution in [2.24, 2.45) is 0 Å². The number of thiophene rings is 1. The molecule has 2 N–H and O–H groups in total. The molecule has 6 nitrogen and oxygen atoms in total. The number of anilines is 2. The van der Waals surface area contributed by atoms with Gasteiger partial charge in [0.2, 0.25) is 0 Å². The van der Waals surface area contributed by atoms with E-state index in [1.807, 2.05) is 50.4 Å². The number of nitrogens with zero attached hydrogens (tertiary/aromatic N) is 3. The fourth-order valence-corrected chi connectivity index (χ4v) is 4.50. The van der Waals surface area contributed by atoms with Crippen molar-refractivity contribution >= 4 is 49.7 Å². The summed E-state index contributed by atoms with van der Waals surface area (Å²) in [5, 5.41) is 9.41. The number of aryl methyl sites for hydroxylation is 3. The maximum absolute atomic E-state index is 12.1. The highest BCUT2D eigenvalue weighted by Crippen LogP contribution is 2.27. The van der Waals surface area contributed by atoms with Crippen LogP contribution in [0.4, 0.5) is 15.6 Å². The normalized spacial score (nSPS) is 10.3. The van der Waals surface area contributed by atoms with Crippen LogP contribution in [0, 0.1) is 6.92 Å². The molecule has 0 aliphatic carbocycles. The number of para-hydroxylation sites is 1. The van der Waals surface area contributed by atoms with Gasteiger partial charge in [0.05, 0.1) is 5.69 Å². The van der Waals surface area contributed by atoms with Crippen LogP contribution in [0.5, 0.6) is 0 Å². The fraction of sp³-hybridized carbons (Fsp3) is 0.238. The number of thiazole rings is 1. The first-order valence-electron chi connectivity index (χ1n) is 9.44. The number of amides is 2. The highest BCUT2D eigenvalue weighted by molar-refractivity contribution is 7.17. The second kappa shape index (κ2) is 10.1. The van der Waals surface area contributed by atoms with E-state index in [0.29, 0.717) is 5.13 Å². The molecule has 2 amide bonds. The first-order valence-corrected chi connectivity index (χ1v) is 11.1. The van der Waals surface area contributed by atoms with Gasteiger partial charge in [0.15, 0.2) is 5.13 Å². The third kappa shape index (κ3) is 5.36. The van der Waals surface area contributed by atoms with Crippen molar-refractivity contribution in [2.45, 2.75) is 33.6 Å². The molecule has 0 saturated heterocycles. The minimum Gasteiger partial charge on any atom is -0.308 e. The van der Waals surface area contributed by atoms with E-state index in [4.69, 9.17) is 0 Å². The summed E-state index contributed by atoms with van der Waals surface area (Å²) in [6.45, 7) is 6.09. The van der Waals surface area contributed by atoms with Crippen LogP contribution in [-0.2, 0) is 12.8 Å². The second-order valence-electron chi connectivity index (χ2n) is 6.00. The molecular formula is C21H23N5OS2. The first kappa shape index (κ1) is 20.9. The lowest BCUT2D eigenvalue weighted by Crippen LogP contribution is -2.19. The molecule has 0 bridgehead atoms. The van der Waals surface area contributed by atoms with Crippen LogP contribution >= 0.6 is 22.7 Å². The summed E-state index contributed by atoms with van der Waals surface area (Å²) in [5.74, 6) is 0. The molecule has 0 radical (unpaired) electrons. The second-order valence-corrected chi connectivity index (χ2v) is 7.97. The van der Waals surface area contributed by atoms with Gasteiger partial charge in [-0.05, 0) is 42.8 Å². The van der Waals surface area contributed by atoms with Crippen LogP contribution in [0.1, 0.15) is 30.0 Å². The minimum absolute atomic E-state index is 0.298. The Hall–Kier alpha value is -2.84. The van der Waals surface area contributed by atoms with Crippen molar-refractivity contribution in [3.8, 4) is 0 Å². The van der Waals surface area contributed by atoms with Gasteiger partial charge in [0.1, 0.15) is 11.2 Å². The lowest BCUT2D eigenvalue weighted by atomic mass is 10.1. The molecular weight excluding hydrogens is 402 g/mol. The number of fused-ring (bicyclic) bond motifs is 1. The van der Waals surface area contributed by atoms with E-state index < -0.39 is 0 Å². The Morgan fingerprint density at radius 1 is 1.03 bits per heavy atom. The van der Waals surface area contributed by atoms with E-state index >= 15 is 0 Å². The van der Waals surface area contributed by atoms with E-state index in [1.165, 1.54) is 16.9 Å². The Morgan fingerprint density at radius 3 is 2.62 bits per heavy atom. The van der Waals surface area contributed by atoms with E-state index in [-0.39, 0.29) is 6.03 Å². The summed E-state index contributed by atoms with van der Waals surface area (Å²) in [6, 6.07) is 9.02. The van der Waals surface area contributed by atoms with Crippen LogP contribution in [0.2, 0.25) is 0 Å². The monoisotopic (exact) mass is 425 g/mol. The highest BCUT2D eigenvalue weighted by Gasteiger charge is 2.11. The molecule has 0 aliphatic rings. The molecule has 150 valence electrons. The van der Waals surface area contributed by atoms with Crippen molar-refractivity contribution in [2.75, 3.05) is 10.6 Å². The molecule has 0 spiro atoms. The maximum Gasteiger partial charge on any atom is 0.325 e. The average molecular weight is 426 g/mol. The van der Waals surface area contributed by atoms with Crippen molar-refractivity contribution in [3.63, 3.8) is 0 Å². The van der Waals surface area contributed by atoms with Gasteiger partial charge in [0.25, 0.3) is 0 Å². The van der Waals surface area contributed by atoms with Crippen LogP contribution in [0.15, 0.2) is 48.2 Å². The Bertz CT molecular complexity index is 1080. The summed E-state index contributed by atoms with van der Waals surface area (Å²) in [6.07, 6.45) is 5.07. The Labute approximate surface area is 178 Å². The van der Waals surface area contributed by atoms with Crippen molar-refractivity contribution in [3.05, 3.63) is 64.4 Å². The van der Waals surface area contributed by atoms with Crippen LogP contribution in [0.25, 0.3) is 10.2 Å². The summed E-state index contributed by atoms with van der Waals surface area (Å²) in [5.41, 5.74) is 3.02. The number of hydrogen-bond acceptors (Lipinski definition) is 6. The lowest BCUT2D eigenvalue weighted by Gasteiger charge is -2.04. The largest absolute Gasteiger partial charge is 0.325 e. The quantitative estimate of drug-likeness (QED) is 0.416. The predicted molar refractivity (Wildman–Crippen MR) is 122 cm³/mol. The van der Waals surface area contributed by atoms with Gasteiger partial charge in [-0.25, -0.2) is 19.7 Å². The number of nitrogens with one attached hydrogen (secondary N) is 2. The standard InChI is InChI=1S/C19H17N5OS2.C2H6/c1-12-10-26-17-16(12)15(21-11-22-17)8-7-14-9-20-19(27-14)24-18(25)23-13-5-3-2-4-6-13;1-2/h2-6,9-11H,7-8H2,1H3,(H2,20,23,24,25);1-2H3. The Balaban J connectivity index is 0.00000117. The Kier molecular flexibility index (Phi) is 7.26. The lowest BCUT2D eigenvalue weighted by molar-refractivity contribution is 0.262. The number of benzene rings is 1. The molecule has 8 heteroatoms. The summed E-state index contributed by atoms with van der Waals surface area (Å²) in [7, 11) is 0. The molecule has 0 aliphatic heterocycles. The zero-order chi connectivity index (χ0) is 20.6. The van der Waals surface area contributed by atoms with Crippen LogP contribution < -0.4 is 10.6 Å². The topological polar surface area (TPSA) is 79.8 Å². The number of rotatable bonds is 5. The van der Waals surface area contributed by atoms with E-state index in [2.05, 4.69) is 37.9 Å². The number of carbonyl (C=O) groups excluding carboxylic acids is 1. The number of urea groups is 1. The molecule has 0 fully saturated rings. The molecule has 0 saturated carbocycles. The molecule has 3 heterocycles. The third-order valence-electron chi connectivity index (χ3n) is 4.05. The Morgan fingerprint density at radius 2 is 1.83 bits per heavy atom. The van der Waals surface area contributed by atoms with Gasteiger partial charge in [-0.3, -0.25) is 5.32 Å². The van der Waals surface area contributed by atoms with Crippen molar-refractivity contribution < 1.29 is 4.79 Å². The molecule has 0 unspecified atom stereocenters. The summed E-state index contributed by atoms with van der Waals surface area (Å²) in [4.78, 5) is 27.3. The SMILES string of the molecule is CC.Cc1csc2ncnc(CCc3cnc(NC(=O)Nc4ccccc4)s3)c12. The maximum atomic E-state index is 12.1. The smallest absolute Gasteiger partial charge is 0.308 e. The molecule has 4 rings (SSSR count). The van der Waals surface area contributed by atoms with Gasteiger partial charge in [-0.2, -0.15) is 0 Å². The van der Waals surface area contributed by atoms with Crippen molar-refractivity contribution in [1.29, 1.82) is 0 Å². The van der Waals surface area contributed by atoms with Gasteiger partial charge in [-0.1, -0.05) is 32.0 Å². The molecule has 1 aromatic carbocycles. The molecule has 29 heavy (non-hydrogen) atoms. The van der Waals surface area contributed by atoms with Gasteiger partial charge in [-0.15, -0.1) is 22.7 Å². The average Bonchev–Trinajstić information content (AvgIpc) is 3.35. The van der Waals surface area contributed by atoms with E-state index in [9.17, 15) is 4.79 Å². The van der Waals surface area contributed by atoms with E-state index in [0.717, 1.165) is 39.3 Å². The predicted octanol–water partition coefficient (Wildman–Crippen LogP) is 5.91. The van der Waals surface area contributed by atoms with Gasteiger partial charge in [0, 0.05) is 22.1 Å². The van der Waals surface area contributed by atoms with Crippen LogP contribution in [-0.4, -0.2) is 21.0 Å². The highest BCUT2D eigenvalue weighted by atomic mass is 32.1. The summed E-state index contributed by atoms with van der Waals surface area (Å²) < 4.78 is 0. The minimum atomic E-state index is -0.298. The third-order valence-corrected chi connectivity index (χ3v) is 6.02. The molecule has 0 atom stereocenters. The molecule has 4 aromatic rings. The van der Waals surface area contributed by atoms with Crippen LogP contribution in [0.3, 0.4) is 0 Å². The first-order chi connectivity index (χ1) is 14.2. The summed E-state index contributed by atoms with van der Waals surface area (Å²) >= 11 is 3.12. The van der Waals surface area contributed by atoms with Gasteiger partial charge >= 0.3 is 6.03 Å². The van der Waals surface area contributed by atoms with Crippen molar-refractivity contribution in [1.82, 2.24) is 15.0 Å². The zero-order valence-electron chi connectivity index (χ0n) is 16.6. The number of aromatic nitrogens is 3. The van der Waals surface area contributed by atoms with E-state index in [1.54, 1.807) is 17.7 Å². The zero-order valence-corrected chi connectivity index (χ0v) is 18.2. The number of hydrogen-bond donors (Lipinski definition) is 2. The van der Waals surface area contributed by atoms with Gasteiger partial charge < -0.3 is 5.32 Å². The molecule has 3 aromatic heterocycles.